The van der Waals surface area contributed by atoms with Gasteiger partial charge in [0.05, 0.1) is 35.2 Å². The number of ether oxygens (including phenoxy) is 1. The highest BCUT2D eigenvalue weighted by atomic mass is 19.4. The van der Waals surface area contributed by atoms with Gasteiger partial charge in [-0.05, 0) is 0 Å². The third-order valence-electron chi connectivity index (χ3n) is 5.20. The van der Waals surface area contributed by atoms with Crippen LogP contribution in [-0.2, 0) is 15.7 Å². The Morgan fingerprint density at radius 1 is 0.968 bits per heavy atom. The van der Waals surface area contributed by atoms with Gasteiger partial charge in [0.2, 0.25) is 5.91 Å². The van der Waals surface area contributed by atoms with E-state index < -0.39 is 38.6 Å². The lowest BCUT2D eigenvalue weighted by Crippen LogP contribution is -2.51. The molecule has 3 rings (SSSR count). The zero-order valence-corrected chi connectivity index (χ0v) is 16.3. The molecule has 1 aromatic carbocycles. The molecule has 0 unspecified atom stereocenters. The van der Waals surface area contributed by atoms with E-state index in [1.54, 1.807) is 9.80 Å². The normalized spacial score (nSPS) is 18.2. The second kappa shape index (κ2) is 9.01. The third kappa shape index (κ3) is 5.19. The van der Waals surface area contributed by atoms with Gasteiger partial charge in [-0.25, -0.2) is 0 Å². The number of nitro groups is 2. The first-order valence-electron chi connectivity index (χ1n) is 9.44. The van der Waals surface area contributed by atoms with E-state index >= 15 is 0 Å². The quantitative estimate of drug-likeness (QED) is 0.492. The van der Waals surface area contributed by atoms with E-state index in [0.717, 1.165) is 0 Å². The van der Waals surface area contributed by atoms with Crippen LogP contribution in [0.15, 0.2) is 12.1 Å². The van der Waals surface area contributed by atoms with Gasteiger partial charge in [0.15, 0.2) is 5.69 Å². The zero-order chi connectivity index (χ0) is 22.8. The minimum absolute atomic E-state index is 0.0867. The number of alkyl halides is 3. The van der Waals surface area contributed by atoms with Gasteiger partial charge < -0.3 is 14.5 Å². The fourth-order valence-electron chi connectivity index (χ4n) is 3.60. The summed E-state index contributed by atoms with van der Waals surface area (Å²) in [5.74, 6) is -0.0942. The highest BCUT2D eigenvalue weighted by Gasteiger charge is 2.39. The van der Waals surface area contributed by atoms with Gasteiger partial charge in [-0.15, -0.1) is 0 Å². The summed E-state index contributed by atoms with van der Waals surface area (Å²) in [5, 5.41) is 22.8. The Kier molecular flexibility index (Phi) is 6.59. The van der Waals surface area contributed by atoms with Crippen molar-refractivity contribution in [3.8, 4) is 0 Å². The molecule has 2 aliphatic heterocycles. The maximum atomic E-state index is 13.1. The van der Waals surface area contributed by atoms with E-state index in [9.17, 15) is 38.2 Å². The number of anilines is 1. The maximum Gasteiger partial charge on any atom is 0.416 e. The van der Waals surface area contributed by atoms with Crippen molar-refractivity contribution in [1.29, 1.82) is 0 Å². The molecule has 0 spiro atoms. The lowest BCUT2D eigenvalue weighted by molar-refractivity contribution is -0.393. The molecule has 0 bridgehead atoms. The van der Waals surface area contributed by atoms with Gasteiger partial charge >= 0.3 is 6.18 Å². The largest absolute Gasteiger partial charge is 0.416 e. The van der Waals surface area contributed by atoms with Crippen LogP contribution in [0.4, 0.5) is 30.2 Å². The SMILES string of the molecule is O=C(CN1CCN(c2c([N+](=O)[O-])cc(C(F)(F)F)cc2[N+](=O)[O-])CC1)N1CCOCC1. The lowest BCUT2D eigenvalue weighted by Gasteiger charge is -2.36. The van der Waals surface area contributed by atoms with Crippen LogP contribution in [0.2, 0.25) is 0 Å². The number of piperazine rings is 1. The average Bonchev–Trinajstić information content (AvgIpc) is 2.73. The number of nitrogens with zero attached hydrogens (tertiary/aromatic N) is 5. The van der Waals surface area contributed by atoms with Crippen molar-refractivity contribution in [2.45, 2.75) is 6.18 Å². The van der Waals surface area contributed by atoms with Gasteiger partial charge in [0, 0.05) is 51.4 Å². The molecule has 1 amide bonds. The summed E-state index contributed by atoms with van der Waals surface area (Å²) in [4.78, 5) is 37.9. The molecule has 1 aromatic rings. The Bertz CT molecular complexity index is 831. The monoisotopic (exact) mass is 447 g/mol. The number of rotatable bonds is 5. The van der Waals surface area contributed by atoms with Crippen molar-refractivity contribution in [3.63, 3.8) is 0 Å². The summed E-state index contributed by atoms with van der Waals surface area (Å²) in [7, 11) is 0. The van der Waals surface area contributed by atoms with Gasteiger partial charge in [-0.1, -0.05) is 0 Å². The van der Waals surface area contributed by atoms with E-state index in [1.807, 2.05) is 0 Å². The second-order valence-corrected chi connectivity index (χ2v) is 7.13. The molecule has 0 saturated carbocycles. The number of halogens is 3. The molecule has 2 aliphatic rings. The van der Waals surface area contributed by atoms with E-state index in [0.29, 0.717) is 38.4 Å². The molecule has 2 saturated heterocycles. The predicted molar refractivity (Wildman–Crippen MR) is 101 cm³/mol. The summed E-state index contributed by atoms with van der Waals surface area (Å²) in [5.41, 5.74) is -3.86. The van der Waals surface area contributed by atoms with Crippen LogP contribution < -0.4 is 4.90 Å². The Balaban J connectivity index is 1.78. The highest BCUT2D eigenvalue weighted by molar-refractivity contribution is 5.79. The molecular formula is C17H20F3N5O6. The Labute approximate surface area is 174 Å². The first kappa shape index (κ1) is 22.7. The average molecular weight is 447 g/mol. The third-order valence-corrected chi connectivity index (χ3v) is 5.20. The van der Waals surface area contributed by atoms with Crippen molar-refractivity contribution >= 4 is 23.0 Å². The van der Waals surface area contributed by atoms with E-state index in [-0.39, 0.29) is 38.6 Å². The number of carbonyl (C=O) groups excluding carboxylic acids is 1. The van der Waals surface area contributed by atoms with Crippen molar-refractivity contribution in [1.82, 2.24) is 9.80 Å². The molecule has 14 heteroatoms. The van der Waals surface area contributed by atoms with E-state index in [4.69, 9.17) is 4.74 Å². The first-order valence-corrected chi connectivity index (χ1v) is 9.44. The van der Waals surface area contributed by atoms with Crippen molar-refractivity contribution in [2.24, 2.45) is 0 Å². The van der Waals surface area contributed by atoms with E-state index in [1.165, 1.54) is 4.90 Å². The number of hydrogen-bond acceptors (Lipinski definition) is 8. The minimum Gasteiger partial charge on any atom is -0.378 e. The molecule has 31 heavy (non-hydrogen) atoms. The predicted octanol–water partition coefficient (Wildman–Crippen LogP) is 1.50. The number of amides is 1. The van der Waals surface area contributed by atoms with Crippen LogP contribution in [0.3, 0.4) is 0 Å². The molecule has 2 heterocycles. The Hall–Kier alpha value is -3.00. The van der Waals surface area contributed by atoms with Crippen molar-refractivity contribution < 1.29 is 32.5 Å². The number of hydrogen-bond donors (Lipinski definition) is 0. The number of morpholine rings is 1. The van der Waals surface area contributed by atoms with Crippen LogP contribution in [0.25, 0.3) is 0 Å². The summed E-state index contributed by atoms with van der Waals surface area (Å²) < 4.78 is 44.4. The van der Waals surface area contributed by atoms with Gasteiger partial charge in [-0.3, -0.25) is 29.9 Å². The molecule has 0 radical (unpaired) electrons. The Morgan fingerprint density at radius 2 is 1.48 bits per heavy atom. The maximum absolute atomic E-state index is 13.1. The smallest absolute Gasteiger partial charge is 0.378 e. The van der Waals surface area contributed by atoms with Crippen molar-refractivity contribution in [2.75, 3.05) is 63.9 Å². The van der Waals surface area contributed by atoms with Crippen LogP contribution in [0, 0.1) is 20.2 Å². The summed E-state index contributed by atoms with van der Waals surface area (Å²) >= 11 is 0. The molecule has 0 aliphatic carbocycles. The zero-order valence-electron chi connectivity index (χ0n) is 16.3. The number of benzene rings is 1. The minimum atomic E-state index is -4.97. The molecule has 11 nitrogen and oxygen atoms in total. The fourth-order valence-corrected chi connectivity index (χ4v) is 3.60. The first-order chi connectivity index (χ1) is 14.6. The summed E-state index contributed by atoms with van der Waals surface area (Å²) in [6, 6.07) is 0.632. The van der Waals surface area contributed by atoms with Gasteiger partial charge in [0.1, 0.15) is 0 Å². The Morgan fingerprint density at radius 3 is 1.94 bits per heavy atom. The van der Waals surface area contributed by atoms with Crippen LogP contribution in [0.5, 0.6) is 0 Å². The fraction of sp³-hybridized carbons (Fsp3) is 0.588. The lowest BCUT2D eigenvalue weighted by atomic mass is 10.1. The molecule has 170 valence electrons. The van der Waals surface area contributed by atoms with Crippen LogP contribution in [0.1, 0.15) is 5.56 Å². The van der Waals surface area contributed by atoms with Crippen molar-refractivity contribution in [3.05, 3.63) is 37.9 Å². The van der Waals surface area contributed by atoms with Crippen LogP contribution in [-0.4, -0.2) is 84.6 Å². The molecule has 0 N–H and O–H groups in total. The molecular weight excluding hydrogens is 427 g/mol. The molecule has 2 fully saturated rings. The highest BCUT2D eigenvalue weighted by Crippen LogP contribution is 2.43. The molecule has 0 atom stereocenters. The van der Waals surface area contributed by atoms with Gasteiger partial charge in [0.25, 0.3) is 11.4 Å². The van der Waals surface area contributed by atoms with Crippen LogP contribution >= 0.6 is 0 Å². The number of carbonyl (C=O) groups is 1. The second-order valence-electron chi connectivity index (χ2n) is 7.13. The van der Waals surface area contributed by atoms with Gasteiger partial charge in [-0.2, -0.15) is 13.2 Å². The summed E-state index contributed by atoms with van der Waals surface area (Å²) in [6.07, 6.45) is -4.97. The van der Waals surface area contributed by atoms with E-state index in [2.05, 4.69) is 0 Å². The number of nitro benzene ring substituents is 2. The molecule has 0 aromatic heterocycles. The summed E-state index contributed by atoms with van der Waals surface area (Å²) in [6.45, 7) is 2.72. The topological polar surface area (TPSA) is 122 Å². The standard InChI is InChI=1S/C17H20F3N5O6/c18-17(19,20)12-9-13(24(27)28)16(14(10-12)25(29)30)23-3-1-21(2-4-23)11-15(26)22-5-7-31-8-6-22/h9-10H,1-8,11H2.